The fourth-order valence-electron chi connectivity index (χ4n) is 2.87. The van der Waals surface area contributed by atoms with E-state index in [0.29, 0.717) is 0 Å². The van der Waals surface area contributed by atoms with Crippen LogP contribution in [0.3, 0.4) is 0 Å². The van der Waals surface area contributed by atoms with Crippen LogP contribution in [-0.4, -0.2) is 26.6 Å². The molecule has 0 spiro atoms. The number of carbonyl (C=O) groups is 1. The molecule has 0 heterocycles. The van der Waals surface area contributed by atoms with E-state index in [-0.39, 0.29) is 17.6 Å². The van der Waals surface area contributed by atoms with Crippen molar-refractivity contribution in [2.24, 2.45) is 5.92 Å². The monoisotopic (exact) mass is 313 g/mol. The zero-order valence-electron chi connectivity index (χ0n) is 12.3. The number of Topliss-reactive ketones (excluding diaryl/α,β-unsaturated/α-hetero) is 1. The first-order valence-corrected chi connectivity index (χ1v) is 6.49. The average Bonchev–Trinajstić information content (AvgIpc) is 2.35. The number of carbonyl (C=O) groups excluding carboxylic acids is 1. The van der Waals surface area contributed by atoms with E-state index >= 15 is 0 Å². The van der Waals surface area contributed by atoms with Gasteiger partial charge in [-0.1, -0.05) is 6.92 Å². The second-order valence-corrected chi connectivity index (χ2v) is 4.99. The minimum atomic E-state index is -1.64. The highest BCUT2D eigenvalue weighted by atomic mass is 16.6. The summed E-state index contributed by atoms with van der Waals surface area (Å²) < 4.78 is 0. The standard InChI is InChI=1S/C12H15N3O7/c1-4-8-10(13(17)18)7(3)11(14(19)20)9(5-6(2)16)12(8)15(21)22/h9,12H,4-5H2,1-3H3. The molecule has 10 heteroatoms. The van der Waals surface area contributed by atoms with Gasteiger partial charge in [0.1, 0.15) is 17.3 Å². The van der Waals surface area contributed by atoms with Crippen LogP contribution < -0.4 is 0 Å². The van der Waals surface area contributed by atoms with Gasteiger partial charge < -0.3 is 0 Å². The van der Waals surface area contributed by atoms with E-state index in [2.05, 4.69) is 0 Å². The second kappa shape index (κ2) is 6.41. The summed E-state index contributed by atoms with van der Waals surface area (Å²) in [7, 11) is 0. The van der Waals surface area contributed by atoms with Crippen molar-refractivity contribution in [2.45, 2.75) is 39.7 Å². The molecule has 2 unspecified atom stereocenters. The first-order valence-electron chi connectivity index (χ1n) is 6.49. The van der Waals surface area contributed by atoms with Crippen LogP contribution in [0.5, 0.6) is 0 Å². The smallest absolute Gasteiger partial charge is 0.284 e. The van der Waals surface area contributed by atoms with Gasteiger partial charge in [-0.05, 0) is 20.3 Å². The van der Waals surface area contributed by atoms with Crippen LogP contribution in [0.1, 0.15) is 33.6 Å². The van der Waals surface area contributed by atoms with Crippen LogP contribution in [0.25, 0.3) is 0 Å². The second-order valence-electron chi connectivity index (χ2n) is 4.99. The zero-order chi connectivity index (χ0) is 17.2. The molecule has 120 valence electrons. The summed E-state index contributed by atoms with van der Waals surface area (Å²) in [6.07, 6.45) is -0.410. The number of allylic oxidation sites excluding steroid dienone is 1. The lowest BCUT2D eigenvalue weighted by molar-refractivity contribution is -0.536. The zero-order valence-corrected chi connectivity index (χ0v) is 12.3. The number of hydrogen-bond donors (Lipinski definition) is 0. The van der Waals surface area contributed by atoms with Gasteiger partial charge in [0.05, 0.1) is 15.4 Å². The Labute approximate surface area is 124 Å². The van der Waals surface area contributed by atoms with Gasteiger partial charge in [0, 0.05) is 11.3 Å². The van der Waals surface area contributed by atoms with Crippen molar-refractivity contribution in [1.82, 2.24) is 0 Å². The Morgan fingerprint density at radius 2 is 1.68 bits per heavy atom. The lowest BCUT2D eigenvalue weighted by Crippen LogP contribution is -2.40. The molecule has 10 nitrogen and oxygen atoms in total. The van der Waals surface area contributed by atoms with Crippen molar-refractivity contribution in [3.63, 3.8) is 0 Å². The molecule has 0 saturated carbocycles. The van der Waals surface area contributed by atoms with Crippen molar-refractivity contribution in [3.05, 3.63) is 52.9 Å². The maximum atomic E-state index is 11.4. The number of nitrogens with zero attached hydrogens (tertiary/aromatic N) is 3. The third-order valence-electron chi connectivity index (χ3n) is 3.63. The summed E-state index contributed by atoms with van der Waals surface area (Å²) >= 11 is 0. The lowest BCUT2D eigenvalue weighted by atomic mass is 9.78. The van der Waals surface area contributed by atoms with Crippen molar-refractivity contribution in [1.29, 1.82) is 0 Å². The van der Waals surface area contributed by atoms with E-state index < -0.39 is 50.3 Å². The summed E-state index contributed by atoms with van der Waals surface area (Å²) in [5, 5.41) is 33.8. The summed E-state index contributed by atoms with van der Waals surface area (Å²) in [4.78, 5) is 42.7. The Balaban J connectivity index is 3.72. The number of ketones is 1. The predicted molar refractivity (Wildman–Crippen MR) is 73.6 cm³/mol. The van der Waals surface area contributed by atoms with Crippen molar-refractivity contribution in [3.8, 4) is 0 Å². The van der Waals surface area contributed by atoms with Gasteiger partial charge >= 0.3 is 0 Å². The van der Waals surface area contributed by atoms with Gasteiger partial charge in [0.2, 0.25) is 0 Å². The lowest BCUT2D eigenvalue weighted by Gasteiger charge is -2.24. The molecule has 0 aliphatic heterocycles. The Bertz CT molecular complexity index is 620. The fraction of sp³-hybridized carbons (Fsp3) is 0.583. The molecule has 0 aromatic carbocycles. The average molecular weight is 313 g/mol. The first kappa shape index (κ1) is 17.4. The normalized spacial score (nSPS) is 21.8. The Hall–Kier alpha value is -2.65. The molecule has 1 aliphatic carbocycles. The van der Waals surface area contributed by atoms with E-state index in [4.69, 9.17) is 0 Å². The van der Waals surface area contributed by atoms with Crippen LogP contribution in [0.15, 0.2) is 22.5 Å². The maximum Gasteiger partial charge on any atom is 0.284 e. The molecule has 2 atom stereocenters. The summed E-state index contributed by atoms with van der Waals surface area (Å²) in [5.41, 5.74) is -1.53. The highest BCUT2D eigenvalue weighted by Gasteiger charge is 2.52. The number of rotatable bonds is 6. The Kier molecular flexibility index (Phi) is 5.07. The van der Waals surface area contributed by atoms with E-state index in [1.165, 1.54) is 20.8 Å². The predicted octanol–water partition coefficient (Wildman–Crippen LogP) is 1.73. The van der Waals surface area contributed by atoms with Crippen LogP contribution in [0.2, 0.25) is 0 Å². The van der Waals surface area contributed by atoms with Gasteiger partial charge in [0.25, 0.3) is 17.4 Å². The summed E-state index contributed by atoms with van der Waals surface area (Å²) in [6.45, 7) is 3.86. The topological polar surface area (TPSA) is 146 Å². The van der Waals surface area contributed by atoms with Crippen LogP contribution in [0, 0.1) is 36.3 Å². The molecule has 0 saturated heterocycles. The minimum absolute atomic E-state index is 0.00129. The molecule has 0 radical (unpaired) electrons. The van der Waals surface area contributed by atoms with E-state index in [9.17, 15) is 35.1 Å². The first-order chi connectivity index (χ1) is 10.1. The molecule has 1 rings (SSSR count). The Morgan fingerprint density at radius 3 is 2.00 bits per heavy atom. The molecule has 0 bridgehead atoms. The van der Waals surface area contributed by atoms with Gasteiger partial charge in [0.15, 0.2) is 0 Å². The quantitative estimate of drug-likeness (QED) is 0.535. The van der Waals surface area contributed by atoms with Crippen molar-refractivity contribution < 1.29 is 19.6 Å². The van der Waals surface area contributed by atoms with Gasteiger partial charge in [-0.2, -0.15) is 0 Å². The van der Waals surface area contributed by atoms with E-state index in [1.807, 2.05) is 0 Å². The number of hydrogen-bond acceptors (Lipinski definition) is 7. The molecule has 0 amide bonds. The van der Waals surface area contributed by atoms with Crippen LogP contribution >= 0.6 is 0 Å². The molecular formula is C12H15N3O7. The summed E-state index contributed by atoms with van der Waals surface area (Å²) in [5.74, 6) is -1.76. The van der Waals surface area contributed by atoms with E-state index in [0.717, 1.165) is 0 Å². The van der Waals surface area contributed by atoms with Crippen LogP contribution in [-0.2, 0) is 4.79 Å². The van der Waals surface area contributed by atoms with Crippen molar-refractivity contribution in [2.75, 3.05) is 0 Å². The highest BCUT2D eigenvalue weighted by molar-refractivity contribution is 5.76. The largest absolute Gasteiger partial charge is 0.300 e. The molecule has 1 aliphatic rings. The fourth-order valence-corrected chi connectivity index (χ4v) is 2.87. The molecular weight excluding hydrogens is 298 g/mol. The van der Waals surface area contributed by atoms with Gasteiger partial charge in [-0.25, -0.2) is 0 Å². The molecule has 0 N–H and O–H groups in total. The van der Waals surface area contributed by atoms with Gasteiger partial charge in [-0.3, -0.25) is 35.1 Å². The van der Waals surface area contributed by atoms with Gasteiger partial charge in [-0.15, -0.1) is 0 Å². The SMILES string of the molecule is CCC1=C([N+](=O)[O-])C(C)=C([N+](=O)[O-])C(CC(C)=O)C1[N+](=O)[O-]. The molecule has 22 heavy (non-hydrogen) atoms. The molecule has 0 aromatic rings. The Morgan fingerprint density at radius 1 is 1.14 bits per heavy atom. The highest BCUT2D eigenvalue weighted by Crippen LogP contribution is 2.39. The third-order valence-corrected chi connectivity index (χ3v) is 3.63. The minimum Gasteiger partial charge on any atom is -0.300 e. The third kappa shape index (κ3) is 3.00. The summed E-state index contributed by atoms with van der Waals surface area (Å²) in [6, 6.07) is -1.64. The van der Waals surface area contributed by atoms with Crippen molar-refractivity contribution >= 4 is 5.78 Å². The maximum absolute atomic E-state index is 11.4. The van der Waals surface area contributed by atoms with E-state index in [1.54, 1.807) is 0 Å². The number of nitro groups is 3. The molecule has 0 fully saturated rings. The molecule has 0 aromatic heterocycles. The van der Waals surface area contributed by atoms with Crippen LogP contribution in [0.4, 0.5) is 0 Å².